The summed E-state index contributed by atoms with van der Waals surface area (Å²) in [5.41, 5.74) is 3.25. The van der Waals surface area contributed by atoms with E-state index in [1.54, 1.807) is 7.11 Å². The van der Waals surface area contributed by atoms with Crippen LogP contribution in [-0.4, -0.2) is 24.7 Å². The molecular formula is C24H26N2O3. The fraction of sp³-hybridized carbons (Fsp3) is 0.208. The molecule has 5 nitrogen and oxygen atoms in total. The Morgan fingerprint density at radius 1 is 0.966 bits per heavy atom. The van der Waals surface area contributed by atoms with Gasteiger partial charge in [0.05, 0.1) is 18.9 Å². The van der Waals surface area contributed by atoms with Crippen molar-refractivity contribution in [3.63, 3.8) is 0 Å². The minimum absolute atomic E-state index is 0.222. The highest BCUT2D eigenvalue weighted by atomic mass is 16.5. The Hall–Kier alpha value is -3.15. The molecule has 3 aromatic rings. The number of carbonyl (C=O) groups is 1. The summed E-state index contributed by atoms with van der Waals surface area (Å²) in [6, 6.07) is 23.8. The Morgan fingerprint density at radius 2 is 1.59 bits per heavy atom. The van der Waals surface area contributed by atoms with Crippen LogP contribution in [-0.2, 0) is 4.79 Å². The molecule has 0 spiro atoms. The minimum Gasteiger partial charge on any atom is -0.495 e. The normalized spacial score (nSPS) is 12.8. The monoisotopic (exact) mass is 390 g/mol. The number of methoxy groups -OCH3 is 1. The van der Waals surface area contributed by atoms with E-state index >= 15 is 0 Å². The van der Waals surface area contributed by atoms with E-state index in [0.29, 0.717) is 11.4 Å². The van der Waals surface area contributed by atoms with Gasteiger partial charge in [0.15, 0.2) is 0 Å². The number of nitrogens with one attached hydrogen (secondary N) is 2. The van der Waals surface area contributed by atoms with Gasteiger partial charge in [-0.3, -0.25) is 10.1 Å². The van der Waals surface area contributed by atoms with Crippen LogP contribution in [0.25, 0.3) is 0 Å². The molecule has 0 aromatic heterocycles. The number of aliphatic hydroxyl groups is 1. The van der Waals surface area contributed by atoms with Gasteiger partial charge < -0.3 is 15.2 Å². The Balaban J connectivity index is 1.79. The lowest BCUT2D eigenvalue weighted by atomic mass is 10.0. The summed E-state index contributed by atoms with van der Waals surface area (Å²) in [6.45, 7) is 2.19. The first-order valence-corrected chi connectivity index (χ1v) is 9.55. The van der Waals surface area contributed by atoms with Crippen LogP contribution in [0.5, 0.6) is 5.75 Å². The number of aryl methyl sites for hydroxylation is 1. The lowest BCUT2D eigenvalue weighted by Crippen LogP contribution is -2.35. The van der Waals surface area contributed by atoms with Crippen molar-refractivity contribution in [2.45, 2.75) is 19.1 Å². The molecule has 0 aliphatic heterocycles. The number of aliphatic hydroxyl groups excluding tert-OH is 1. The maximum atomic E-state index is 13.1. The van der Waals surface area contributed by atoms with Crippen LogP contribution < -0.4 is 15.4 Å². The maximum Gasteiger partial charge on any atom is 0.246 e. The van der Waals surface area contributed by atoms with Crippen LogP contribution in [0.4, 0.5) is 5.69 Å². The molecule has 29 heavy (non-hydrogen) atoms. The topological polar surface area (TPSA) is 70.6 Å². The minimum atomic E-state index is -0.719. The van der Waals surface area contributed by atoms with Crippen molar-refractivity contribution >= 4 is 11.6 Å². The Kier molecular flexibility index (Phi) is 7.00. The van der Waals surface area contributed by atoms with Crippen molar-refractivity contribution in [1.82, 2.24) is 5.32 Å². The van der Waals surface area contributed by atoms with E-state index < -0.39 is 12.1 Å². The standard InChI is InChI=1S/C24H26N2O3/c1-17-13-14-22(29-2)20(15-17)26-24(28)23(19-11-7-4-8-12-19)25-16-21(27)18-9-5-3-6-10-18/h3-15,21,23,25,27H,16H2,1-2H3,(H,26,28)/t21-,23-/m0/s1. The van der Waals surface area contributed by atoms with Crippen LogP contribution >= 0.6 is 0 Å². The number of rotatable bonds is 8. The van der Waals surface area contributed by atoms with Gasteiger partial charge in [-0.25, -0.2) is 0 Å². The average molecular weight is 390 g/mol. The van der Waals surface area contributed by atoms with Gasteiger partial charge in [0.2, 0.25) is 5.91 Å². The molecule has 0 aliphatic rings. The van der Waals surface area contributed by atoms with Gasteiger partial charge in [0, 0.05) is 6.54 Å². The molecule has 0 heterocycles. The highest BCUT2D eigenvalue weighted by molar-refractivity contribution is 5.96. The van der Waals surface area contributed by atoms with Gasteiger partial charge in [-0.1, -0.05) is 66.7 Å². The molecular weight excluding hydrogens is 364 g/mol. The molecule has 150 valence electrons. The number of ether oxygens (including phenoxy) is 1. The number of benzene rings is 3. The average Bonchev–Trinajstić information content (AvgIpc) is 2.75. The predicted molar refractivity (Wildman–Crippen MR) is 115 cm³/mol. The number of amides is 1. The molecule has 0 fully saturated rings. The van der Waals surface area contributed by atoms with E-state index in [4.69, 9.17) is 4.74 Å². The molecule has 1 amide bonds. The van der Waals surface area contributed by atoms with Crippen molar-refractivity contribution in [3.8, 4) is 5.75 Å². The van der Waals surface area contributed by atoms with Crippen molar-refractivity contribution in [1.29, 1.82) is 0 Å². The Bertz CT molecular complexity index is 929. The Labute approximate surface area is 171 Å². The molecule has 2 atom stereocenters. The highest BCUT2D eigenvalue weighted by Crippen LogP contribution is 2.27. The van der Waals surface area contributed by atoms with Crippen LogP contribution in [0.1, 0.15) is 28.8 Å². The van der Waals surface area contributed by atoms with E-state index in [-0.39, 0.29) is 12.5 Å². The van der Waals surface area contributed by atoms with Crippen LogP contribution in [0.2, 0.25) is 0 Å². The molecule has 0 bridgehead atoms. The third kappa shape index (κ3) is 5.44. The number of carbonyl (C=O) groups excluding carboxylic acids is 1. The smallest absolute Gasteiger partial charge is 0.246 e. The van der Waals surface area contributed by atoms with Crippen LogP contribution in [0.15, 0.2) is 78.9 Å². The molecule has 0 radical (unpaired) electrons. The molecule has 3 N–H and O–H groups in total. The first kappa shape index (κ1) is 20.6. The molecule has 0 unspecified atom stereocenters. The molecule has 0 saturated carbocycles. The Morgan fingerprint density at radius 3 is 2.21 bits per heavy atom. The maximum absolute atomic E-state index is 13.1. The van der Waals surface area contributed by atoms with Gasteiger partial charge in [-0.05, 0) is 35.7 Å². The lowest BCUT2D eigenvalue weighted by molar-refractivity contribution is -0.118. The zero-order valence-corrected chi connectivity index (χ0v) is 16.6. The quantitative estimate of drug-likeness (QED) is 0.544. The molecule has 0 aliphatic carbocycles. The van der Waals surface area contributed by atoms with Crippen LogP contribution in [0, 0.1) is 6.92 Å². The second-order valence-corrected chi connectivity index (χ2v) is 6.87. The summed E-state index contributed by atoms with van der Waals surface area (Å²) >= 11 is 0. The van der Waals surface area contributed by atoms with E-state index in [9.17, 15) is 9.90 Å². The van der Waals surface area contributed by atoms with Crippen molar-refractivity contribution in [3.05, 3.63) is 95.6 Å². The molecule has 5 heteroatoms. The first-order chi connectivity index (χ1) is 14.1. The summed E-state index contributed by atoms with van der Waals surface area (Å²) in [5.74, 6) is 0.375. The van der Waals surface area contributed by atoms with Gasteiger partial charge in [0.1, 0.15) is 11.8 Å². The predicted octanol–water partition coefficient (Wildman–Crippen LogP) is 4.01. The van der Waals surface area contributed by atoms with E-state index in [1.807, 2.05) is 85.8 Å². The van der Waals surface area contributed by atoms with E-state index in [0.717, 1.165) is 16.7 Å². The van der Waals surface area contributed by atoms with Gasteiger partial charge in [0.25, 0.3) is 0 Å². The lowest BCUT2D eigenvalue weighted by Gasteiger charge is -2.22. The summed E-state index contributed by atoms with van der Waals surface area (Å²) in [5, 5.41) is 16.7. The van der Waals surface area contributed by atoms with Crippen molar-refractivity contribution in [2.24, 2.45) is 0 Å². The SMILES string of the molecule is COc1ccc(C)cc1NC(=O)[C@@H](NC[C@H](O)c1ccccc1)c1ccccc1. The van der Waals surface area contributed by atoms with Crippen LogP contribution in [0.3, 0.4) is 0 Å². The number of hydrogen-bond acceptors (Lipinski definition) is 4. The summed E-state index contributed by atoms with van der Waals surface area (Å²) in [4.78, 5) is 13.1. The zero-order chi connectivity index (χ0) is 20.6. The third-order valence-corrected chi connectivity index (χ3v) is 4.71. The van der Waals surface area contributed by atoms with Crippen molar-refractivity contribution < 1.29 is 14.6 Å². The van der Waals surface area contributed by atoms with E-state index in [1.165, 1.54) is 0 Å². The zero-order valence-electron chi connectivity index (χ0n) is 16.6. The molecule has 3 aromatic carbocycles. The highest BCUT2D eigenvalue weighted by Gasteiger charge is 2.22. The van der Waals surface area contributed by atoms with Gasteiger partial charge in [-0.15, -0.1) is 0 Å². The largest absolute Gasteiger partial charge is 0.495 e. The summed E-state index contributed by atoms with van der Waals surface area (Å²) in [6.07, 6.45) is -0.719. The second-order valence-electron chi connectivity index (χ2n) is 6.87. The van der Waals surface area contributed by atoms with Gasteiger partial charge in [-0.2, -0.15) is 0 Å². The first-order valence-electron chi connectivity index (χ1n) is 9.55. The number of anilines is 1. The van der Waals surface area contributed by atoms with Crippen molar-refractivity contribution in [2.75, 3.05) is 19.0 Å². The second kappa shape index (κ2) is 9.87. The number of hydrogen-bond donors (Lipinski definition) is 3. The fourth-order valence-corrected chi connectivity index (χ4v) is 3.15. The van der Waals surface area contributed by atoms with Gasteiger partial charge >= 0.3 is 0 Å². The third-order valence-electron chi connectivity index (χ3n) is 4.71. The summed E-state index contributed by atoms with van der Waals surface area (Å²) in [7, 11) is 1.57. The fourth-order valence-electron chi connectivity index (χ4n) is 3.15. The summed E-state index contributed by atoms with van der Waals surface area (Å²) < 4.78 is 5.37. The molecule has 0 saturated heterocycles. The van der Waals surface area contributed by atoms with E-state index in [2.05, 4.69) is 10.6 Å². The molecule has 3 rings (SSSR count).